The average Bonchev–Trinajstić information content (AvgIpc) is 3.44. The Morgan fingerprint density at radius 1 is 0.875 bits per heavy atom. The van der Waals surface area contributed by atoms with Crippen molar-refractivity contribution in [3.8, 4) is 16.8 Å². The summed E-state index contributed by atoms with van der Waals surface area (Å²) in [5, 5.41) is 0.568. The van der Waals surface area contributed by atoms with Crippen LogP contribution >= 0.6 is 11.8 Å². The van der Waals surface area contributed by atoms with Gasteiger partial charge < -0.3 is 4.57 Å². The summed E-state index contributed by atoms with van der Waals surface area (Å²) in [6.07, 6.45) is 7.24. The highest BCUT2D eigenvalue weighted by Gasteiger charge is 2.39. The van der Waals surface area contributed by atoms with Gasteiger partial charge in [-0.05, 0) is 91.5 Å². The van der Waals surface area contributed by atoms with E-state index < -0.39 is 0 Å². The molecule has 0 atom stereocenters. The zero-order chi connectivity index (χ0) is 27.6. The molecule has 4 aromatic rings. The Morgan fingerprint density at radius 2 is 1.55 bits per heavy atom. The average molecular weight is 550 g/mol. The van der Waals surface area contributed by atoms with Gasteiger partial charge in [0.05, 0.1) is 4.91 Å². The molecule has 0 bridgehead atoms. The second kappa shape index (κ2) is 11.3. The van der Waals surface area contributed by atoms with E-state index in [4.69, 9.17) is 0 Å². The Hall–Kier alpha value is -3.90. The summed E-state index contributed by atoms with van der Waals surface area (Å²) in [6.45, 7) is 4.17. The maximum absolute atomic E-state index is 14.5. The van der Waals surface area contributed by atoms with Gasteiger partial charge in [-0.1, -0.05) is 73.9 Å². The summed E-state index contributed by atoms with van der Waals surface area (Å²) in [5.74, 6) is -0.421. The van der Waals surface area contributed by atoms with E-state index in [0.717, 1.165) is 48.3 Å². The van der Waals surface area contributed by atoms with Gasteiger partial charge in [-0.3, -0.25) is 9.69 Å². The minimum Gasteiger partial charge on any atom is -0.318 e. The molecule has 1 aliphatic carbocycles. The molecule has 1 aromatic heterocycles. The SMILES string of the molecule is Cc1cc(/C=C2\SC(=Nc3ccccc3F)N(C3CCCCC3)C2=O)c(C)n1-c1ccc(-c2ccccc2)cc1. The third-order valence-corrected chi connectivity index (χ3v) is 8.82. The first-order chi connectivity index (χ1) is 19.5. The normalized spacial score (nSPS) is 18.3. The number of hydrogen-bond donors (Lipinski definition) is 0. The number of halogens is 1. The number of aliphatic imine (C=N–C) groups is 1. The van der Waals surface area contributed by atoms with E-state index in [1.54, 1.807) is 18.2 Å². The number of para-hydroxylation sites is 1. The first kappa shape index (κ1) is 26.3. The number of thioether (sulfide) groups is 1. The molecule has 4 nitrogen and oxygen atoms in total. The predicted molar refractivity (Wildman–Crippen MR) is 163 cm³/mol. The number of carbonyl (C=O) groups excluding carboxylic acids is 1. The van der Waals surface area contributed by atoms with Crippen LogP contribution in [-0.4, -0.2) is 26.6 Å². The monoisotopic (exact) mass is 549 g/mol. The third-order valence-electron chi connectivity index (χ3n) is 7.83. The van der Waals surface area contributed by atoms with Crippen LogP contribution < -0.4 is 0 Å². The van der Waals surface area contributed by atoms with Gasteiger partial charge >= 0.3 is 0 Å². The molecular weight excluding hydrogens is 517 g/mol. The second-order valence-corrected chi connectivity index (χ2v) is 11.5. The minimum atomic E-state index is -0.383. The van der Waals surface area contributed by atoms with Crippen LogP contribution in [0.3, 0.4) is 0 Å². The number of benzene rings is 3. The van der Waals surface area contributed by atoms with E-state index in [2.05, 4.69) is 65.9 Å². The largest absolute Gasteiger partial charge is 0.318 e. The van der Waals surface area contributed by atoms with E-state index in [0.29, 0.717) is 10.1 Å². The number of hydrogen-bond acceptors (Lipinski definition) is 3. The molecule has 0 radical (unpaired) electrons. The molecule has 2 heterocycles. The van der Waals surface area contributed by atoms with Crippen molar-refractivity contribution in [1.29, 1.82) is 0 Å². The zero-order valence-corrected chi connectivity index (χ0v) is 23.6. The fourth-order valence-electron chi connectivity index (χ4n) is 5.78. The van der Waals surface area contributed by atoms with Crippen molar-refractivity contribution in [2.75, 3.05) is 0 Å². The van der Waals surface area contributed by atoms with Gasteiger partial charge in [0, 0.05) is 23.1 Å². The highest BCUT2D eigenvalue weighted by molar-refractivity contribution is 8.18. The maximum Gasteiger partial charge on any atom is 0.267 e. The molecule has 1 saturated heterocycles. The Morgan fingerprint density at radius 3 is 2.27 bits per heavy atom. The lowest BCUT2D eigenvalue weighted by Crippen LogP contribution is -2.40. The van der Waals surface area contributed by atoms with Crippen molar-refractivity contribution >= 4 is 34.6 Å². The maximum atomic E-state index is 14.5. The van der Waals surface area contributed by atoms with Crippen molar-refractivity contribution in [2.24, 2.45) is 4.99 Å². The first-order valence-corrected chi connectivity index (χ1v) is 14.7. The Labute approximate surface area is 239 Å². The number of aromatic nitrogens is 1. The fraction of sp³-hybridized carbons (Fsp3) is 0.235. The van der Waals surface area contributed by atoms with Crippen molar-refractivity contribution in [1.82, 2.24) is 9.47 Å². The third kappa shape index (κ3) is 5.16. The van der Waals surface area contributed by atoms with Crippen LogP contribution in [0, 0.1) is 19.7 Å². The molecule has 0 unspecified atom stereocenters. The van der Waals surface area contributed by atoms with Crippen LogP contribution in [0.5, 0.6) is 0 Å². The molecule has 1 saturated carbocycles. The summed E-state index contributed by atoms with van der Waals surface area (Å²) in [6, 6.07) is 27.6. The van der Waals surface area contributed by atoms with Gasteiger partial charge in [-0.15, -0.1) is 0 Å². The molecule has 0 spiro atoms. The number of carbonyl (C=O) groups is 1. The van der Waals surface area contributed by atoms with Crippen molar-refractivity contribution in [2.45, 2.75) is 52.0 Å². The molecule has 1 aliphatic heterocycles. The predicted octanol–water partition coefficient (Wildman–Crippen LogP) is 8.84. The van der Waals surface area contributed by atoms with Crippen molar-refractivity contribution in [3.05, 3.63) is 113 Å². The quantitative estimate of drug-likeness (QED) is 0.233. The van der Waals surface area contributed by atoms with Crippen LogP contribution in [0.15, 0.2) is 94.8 Å². The van der Waals surface area contributed by atoms with Gasteiger partial charge in [0.1, 0.15) is 11.5 Å². The summed E-state index contributed by atoms with van der Waals surface area (Å²) in [5.41, 5.74) is 6.86. The van der Waals surface area contributed by atoms with Gasteiger partial charge in [-0.2, -0.15) is 0 Å². The van der Waals surface area contributed by atoms with E-state index in [1.807, 2.05) is 29.2 Å². The van der Waals surface area contributed by atoms with Crippen molar-refractivity contribution < 1.29 is 9.18 Å². The molecule has 2 aliphatic rings. The Kier molecular flexibility index (Phi) is 7.44. The van der Waals surface area contributed by atoms with E-state index in [9.17, 15) is 9.18 Å². The van der Waals surface area contributed by atoms with E-state index >= 15 is 0 Å². The van der Waals surface area contributed by atoms with Crippen LogP contribution in [-0.2, 0) is 4.79 Å². The Bertz CT molecular complexity index is 1600. The summed E-state index contributed by atoms with van der Waals surface area (Å²) < 4.78 is 16.7. The molecular formula is C34H32FN3OS. The summed E-state index contributed by atoms with van der Waals surface area (Å²) in [4.78, 5) is 20.9. The number of nitrogens with zero attached hydrogens (tertiary/aromatic N) is 3. The van der Waals surface area contributed by atoms with Gasteiger partial charge in [0.25, 0.3) is 5.91 Å². The smallest absolute Gasteiger partial charge is 0.267 e. The van der Waals surface area contributed by atoms with Gasteiger partial charge in [0.2, 0.25) is 0 Å². The van der Waals surface area contributed by atoms with Crippen molar-refractivity contribution in [3.63, 3.8) is 0 Å². The van der Waals surface area contributed by atoms with Crippen LogP contribution in [0.4, 0.5) is 10.1 Å². The van der Waals surface area contributed by atoms with E-state index in [1.165, 1.54) is 35.4 Å². The van der Waals surface area contributed by atoms with Crippen LogP contribution in [0.25, 0.3) is 22.9 Å². The fourth-order valence-corrected chi connectivity index (χ4v) is 6.82. The standard InChI is InChI=1S/C34H32FN3OS/c1-23-21-27(24(2)37(23)29-19-17-26(18-20-29)25-11-5-3-6-12-25)22-32-33(39)38(28-13-7-4-8-14-28)34(40-32)36-31-16-10-9-15-30(31)35/h3,5-6,9-12,15-22,28H,4,7-8,13-14H2,1-2H3/b32-22-,36-34?. The minimum absolute atomic E-state index is 0.0380. The first-order valence-electron chi connectivity index (χ1n) is 13.9. The zero-order valence-electron chi connectivity index (χ0n) is 22.8. The summed E-state index contributed by atoms with van der Waals surface area (Å²) in [7, 11) is 0. The van der Waals surface area contributed by atoms with Crippen LogP contribution in [0.2, 0.25) is 0 Å². The van der Waals surface area contributed by atoms with Gasteiger partial charge in [-0.25, -0.2) is 9.38 Å². The highest BCUT2D eigenvalue weighted by Crippen LogP contribution is 2.39. The molecule has 1 amide bonds. The highest BCUT2D eigenvalue weighted by atomic mass is 32.2. The number of amidine groups is 1. The molecule has 6 rings (SSSR count). The van der Waals surface area contributed by atoms with Crippen LogP contribution in [0.1, 0.15) is 49.1 Å². The summed E-state index contributed by atoms with van der Waals surface area (Å²) >= 11 is 1.35. The number of rotatable bonds is 5. The van der Waals surface area contributed by atoms with E-state index in [-0.39, 0.29) is 23.5 Å². The molecule has 40 heavy (non-hydrogen) atoms. The second-order valence-electron chi connectivity index (χ2n) is 10.5. The number of amides is 1. The lowest BCUT2D eigenvalue weighted by Gasteiger charge is -2.30. The molecule has 0 N–H and O–H groups in total. The Balaban J connectivity index is 1.33. The molecule has 202 valence electrons. The molecule has 6 heteroatoms. The lowest BCUT2D eigenvalue weighted by atomic mass is 9.94. The topological polar surface area (TPSA) is 37.6 Å². The molecule has 2 fully saturated rings. The number of aryl methyl sites for hydroxylation is 1. The molecule has 3 aromatic carbocycles. The van der Waals surface area contributed by atoms with Gasteiger partial charge in [0.15, 0.2) is 5.17 Å². The lowest BCUT2D eigenvalue weighted by molar-refractivity contribution is -0.124.